The number of rotatable bonds is 7. The molecule has 0 spiro atoms. The van der Waals surface area contributed by atoms with Crippen molar-refractivity contribution in [3.8, 4) is 5.75 Å². The molecule has 0 amide bonds. The number of hydrogen-bond acceptors (Lipinski definition) is 4. The molecule has 0 N–H and O–H groups in total. The van der Waals surface area contributed by atoms with Crippen LogP contribution in [0.3, 0.4) is 0 Å². The zero-order chi connectivity index (χ0) is 23.9. The van der Waals surface area contributed by atoms with Gasteiger partial charge in [-0.2, -0.15) is 47.9 Å². The van der Waals surface area contributed by atoms with Gasteiger partial charge >= 0.3 is 33.4 Å². The maximum Gasteiger partial charge on any atom is 0.460 e. The van der Waals surface area contributed by atoms with Crippen LogP contribution in [0.4, 0.5) is 39.5 Å². The van der Waals surface area contributed by atoms with E-state index < -0.39 is 39.1 Å². The lowest BCUT2D eigenvalue weighted by Gasteiger charge is -2.32. The molecule has 1 aromatic heterocycles. The van der Waals surface area contributed by atoms with E-state index in [9.17, 15) is 47.9 Å². The van der Waals surface area contributed by atoms with E-state index in [1.54, 1.807) is 30.3 Å². The highest BCUT2D eigenvalue weighted by molar-refractivity contribution is 7.88. The number of alkyl halides is 9. The molecule has 0 aliphatic rings. The van der Waals surface area contributed by atoms with Gasteiger partial charge in [-0.1, -0.05) is 30.3 Å². The minimum atomic E-state index is -7.37. The molecule has 0 atom stereocenters. The Labute approximate surface area is 169 Å². The van der Waals surface area contributed by atoms with Crippen molar-refractivity contribution in [2.75, 3.05) is 0 Å². The highest BCUT2D eigenvalue weighted by Gasteiger charge is 2.86. The Kier molecular flexibility index (Phi) is 6.29. The Bertz CT molecular complexity index is 1040. The lowest BCUT2D eigenvalue weighted by atomic mass is 10.1. The van der Waals surface area contributed by atoms with Gasteiger partial charge in [-0.25, -0.2) is 0 Å². The molecular weight excluding hydrogens is 469 g/mol. The zero-order valence-corrected chi connectivity index (χ0v) is 16.0. The summed E-state index contributed by atoms with van der Waals surface area (Å²) in [5, 5.41) is -6.93. The highest BCUT2D eigenvalue weighted by atomic mass is 32.2. The van der Waals surface area contributed by atoms with Crippen LogP contribution in [-0.2, 0) is 16.5 Å². The third kappa shape index (κ3) is 4.57. The van der Waals surface area contributed by atoms with Gasteiger partial charge in [-0.05, 0) is 12.5 Å². The minimum absolute atomic E-state index is 0.0115. The molecule has 0 radical (unpaired) electrons. The lowest BCUT2D eigenvalue weighted by Crippen LogP contribution is -2.63. The molecule has 0 fully saturated rings. The van der Waals surface area contributed by atoms with E-state index in [2.05, 4.69) is 9.17 Å². The number of aryl methyl sites for hydroxylation is 1. The van der Waals surface area contributed by atoms with Crippen molar-refractivity contribution in [1.29, 1.82) is 0 Å². The second kappa shape index (κ2) is 7.88. The number of benzene rings is 1. The summed E-state index contributed by atoms with van der Waals surface area (Å²) in [6.07, 6.45) is -7.15. The number of pyridine rings is 1. The van der Waals surface area contributed by atoms with Crippen LogP contribution in [0, 0.1) is 6.92 Å². The predicted octanol–water partition coefficient (Wildman–Crippen LogP) is 5.12. The van der Waals surface area contributed by atoms with E-state index in [0.29, 0.717) is 11.6 Å². The molecule has 0 saturated heterocycles. The van der Waals surface area contributed by atoms with Crippen LogP contribution in [0.15, 0.2) is 42.5 Å². The molecule has 1 heterocycles. The van der Waals surface area contributed by atoms with Crippen molar-refractivity contribution in [3.05, 3.63) is 59.4 Å². The van der Waals surface area contributed by atoms with Gasteiger partial charge in [0.15, 0.2) is 0 Å². The van der Waals surface area contributed by atoms with E-state index >= 15 is 0 Å². The Morgan fingerprint density at radius 1 is 0.871 bits per heavy atom. The first-order chi connectivity index (χ1) is 13.9. The van der Waals surface area contributed by atoms with Crippen LogP contribution in [0.1, 0.15) is 17.0 Å². The summed E-state index contributed by atoms with van der Waals surface area (Å²) in [5.41, 5.74) is 0.609. The van der Waals surface area contributed by atoms with Crippen molar-refractivity contribution < 1.29 is 52.1 Å². The minimum Gasteiger partial charge on any atom is -0.378 e. The average molecular weight is 481 g/mol. The molecule has 1 aromatic carbocycles. The summed E-state index contributed by atoms with van der Waals surface area (Å²) in [4.78, 5) is 3.96. The second-order valence-corrected chi connectivity index (χ2v) is 7.89. The predicted molar refractivity (Wildman–Crippen MR) is 88.7 cm³/mol. The summed E-state index contributed by atoms with van der Waals surface area (Å²) in [6, 6.07) is 9.63. The summed E-state index contributed by atoms with van der Waals surface area (Å²) in [7, 11) is -7.01. The van der Waals surface area contributed by atoms with E-state index in [0.717, 1.165) is 6.07 Å². The number of nitrogens with zero attached hydrogens (tertiary/aromatic N) is 1. The van der Waals surface area contributed by atoms with Gasteiger partial charge in [0, 0.05) is 29.9 Å². The Hall–Kier alpha value is -2.51. The molecule has 31 heavy (non-hydrogen) atoms. The standard InChI is InChI=1S/C17H12F9NO3S/c1-10-7-13(9-12(27-10)8-11-5-3-2-4-6-11)30-31(28,29)17(25,26)15(20,21)14(18,19)16(22,23)24/h2-7,9H,8H2,1H3. The molecule has 0 bridgehead atoms. The Morgan fingerprint density at radius 2 is 1.42 bits per heavy atom. The van der Waals surface area contributed by atoms with Gasteiger partial charge < -0.3 is 4.18 Å². The third-order valence-corrected chi connectivity index (χ3v) is 5.14. The number of hydrogen-bond donors (Lipinski definition) is 0. The number of aromatic nitrogens is 1. The summed E-state index contributed by atoms with van der Waals surface area (Å²) in [6.45, 7) is 1.25. The molecule has 0 aliphatic carbocycles. The Morgan fingerprint density at radius 3 is 1.94 bits per heavy atom. The fourth-order valence-corrected chi connectivity index (χ4v) is 3.24. The maximum atomic E-state index is 13.8. The van der Waals surface area contributed by atoms with Crippen molar-refractivity contribution in [1.82, 2.24) is 4.98 Å². The monoisotopic (exact) mass is 481 g/mol. The summed E-state index contributed by atoms with van der Waals surface area (Å²) < 4.78 is 144. The first-order valence-electron chi connectivity index (χ1n) is 8.08. The maximum absolute atomic E-state index is 13.8. The normalized spacial score (nSPS) is 13.9. The van der Waals surface area contributed by atoms with Gasteiger partial charge in [0.2, 0.25) is 0 Å². The van der Waals surface area contributed by atoms with Gasteiger partial charge in [-0.15, -0.1) is 0 Å². The van der Waals surface area contributed by atoms with Gasteiger partial charge in [-0.3, -0.25) is 4.98 Å². The smallest absolute Gasteiger partial charge is 0.378 e. The van der Waals surface area contributed by atoms with Crippen molar-refractivity contribution in [3.63, 3.8) is 0 Å². The Balaban J connectivity index is 2.41. The van der Waals surface area contributed by atoms with E-state index in [4.69, 9.17) is 0 Å². The van der Waals surface area contributed by atoms with Crippen molar-refractivity contribution >= 4 is 10.1 Å². The van der Waals surface area contributed by atoms with Gasteiger partial charge in [0.25, 0.3) is 0 Å². The highest BCUT2D eigenvalue weighted by Crippen LogP contribution is 2.54. The van der Waals surface area contributed by atoms with Crippen LogP contribution in [-0.4, -0.2) is 36.7 Å². The number of halogens is 9. The summed E-state index contributed by atoms with van der Waals surface area (Å²) >= 11 is 0. The molecule has 0 unspecified atom stereocenters. The third-order valence-electron chi connectivity index (χ3n) is 3.84. The van der Waals surface area contributed by atoms with Crippen molar-refractivity contribution in [2.45, 2.75) is 36.6 Å². The molecule has 0 saturated carbocycles. The van der Waals surface area contributed by atoms with E-state index in [1.165, 1.54) is 6.92 Å². The fourth-order valence-electron chi connectivity index (χ4n) is 2.34. The zero-order valence-electron chi connectivity index (χ0n) is 15.2. The average Bonchev–Trinajstić information content (AvgIpc) is 2.60. The van der Waals surface area contributed by atoms with Crippen LogP contribution < -0.4 is 4.18 Å². The first kappa shape index (κ1) is 24.8. The van der Waals surface area contributed by atoms with Crippen LogP contribution >= 0.6 is 0 Å². The largest absolute Gasteiger partial charge is 0.460 e. The fraction of sp³-hybridized carbons (Fsp3) is 0.353. The molecule has 14 heteroatoms. The first-order valence-corrected chi connectivity index (χ1v) is 9.49. The van der Waals surface area contributed by atoms with E-state index in [-0.39, 0.29) is 17.8 Å². The molecule has 4 nitrogen and oxygen atoms in total. The summed E-state index contributed by atoms with van der Waals surface area (Å²) in [5.74, 6) is -15.8. The molecule has 2 aromatic rings. The van der Waals surface area contributed by atoms with Crippen molar-refractivity contribution in [2.24, 2.45) is 0 Å². The van der Waals surface area contributed by atoms with Crippen LogP contribution in [0.5, 0.6) is 5.75 Å². The van der Waals surface area contributed by atoms with Crippen LogP contribution in [0.25, 0.3) is 0 Å². The quantitative estimate of drug-likeness (QED) is 0.407. The second-order valence-electron chi connectivity index (χ2n) is 6.30. The SMILES string of the molecule is Cc1cc(OS(=O)(=O)C(F)(F)C(F)(F)C(F)(F)C(F)(F)F)cc(Cc2ccccc2)n1. The van der Waals surface area contributed by atoms with E-state index in [1.807, 2.05) is 0 Å². The van der Waals surface area contributed by atoms with Crippen LogP contribution in [0.2, 0.25) is 0 Å². The molecule has 172 valence electrons. The lowest BCUT2D eigenvalue weighted by molar-refractivity contribution is -0.382. The van der Waals surface area contributed by atoms with Gasteiger partial charge in [0.1, 0.15) is 5.75 Å². The molecule has 0 aliphatic heterocycles. The van der Waals surface area contributed by atoms with Gasteiger partial charge in [0.05, 0.1) is 0 Å². The topological polar surface area (TPSA) is 56.3 Å². The molecular formula is C17H12F9NO3S. The molecule has 2 rings (SSSR count).